The van der Waals surface area contributed by atoms with Crippen LogP contribution in [0.1, 0.15) is 25.7 Å². The molecule has 2 aromatic heterocycles. The van der Waals surface area contributed by atoms with Crippen molar-refractivity contribution in [1.29, 1.82) is 0 Å². The Bertz CT molecular complexity index is 477. The van der Waals surface area contributed by atoms with Gasteiger partial charge in [0.05, 0.1) is 6.04 Å². The van der Waals surface area contributed by atoms with E-state index in [9.17, 15) is 0 Å². The number of hydrogen-bond acceptors (Lipinski definition) is 3. The molecular formula is C10H13BrN4. The van der Waals surface area contributed by atoms with Crippen molar-refractivity contribution >= 4 is 21.6 Å². The molecule has 0 spiro atoms. The summed E-state index contributed by atoms with van der Waals surface area (Å²) in [4.78, 5) is 0. The SMILES string of the molecule is CC(C)C(N)c1nnc2ccc(Br)cn12. The zero-order valence-electron chi connectivity index (χ0n) is 8.68. The quantitative estimate of drug-likeness (QED) is 0.908. The highest BCUT2D eigenvalue weighted by atomic mass is 79.9. The standard InChI is InChI=1S/C10H13BrN4/c1-6(2)9(12)10-14-13-8-4-3-7(11)5-15(8)10/h3-6,9H,12H2,1-2H3. The molecule has 2 heterocycles. The lowest BCUT2D eigenvalue weighted by atomic mass is 10.1. The van der Waals surface area contributed by atoms with Gasteiger partial charge in [-0.1, -0.05) is 13.8 Å². The third kappa shape index (κ3) is 1.89. The number of pyridine rings is 1. The maximum Gasteiger partial charge on any atom is 0.160 e. The smallest absolute Gasteiger partial charge is 0.160 e. The number of hydrogen-bond donors (Lipinski definition) is 1. The van der Waals surface area contributed by atoms with E-state index in [1.54, 1.807) is 0 Å². The first-order valence-corrected chi connectivity index (χ1v) is 5.64. The molecule has 4 nitrogen and oxygen atoms in total. The molecule has 5 heteroatoms. The molecule has 2 aromatic rings. The summed E-state index contributed by atoms with van der Waals surface area (Å²) in [6, 6.07) is 3.76. The van der Waals surface area contributed by atoms with E-state index in [0.29, 0.717) is 5.92 Å². The van der Waals surface area contributed by atoms with E-state index in [1.165, 1.54) is 0 Å². The number of nitrogens with two attached hydrogens (primary N) is 1. The van der Waals surface area contributed by atoms with E-state index in [-0.39, 0.29) is 6.04 Å². The predicted octanol–water partition coefficient (Wildman–Crippen LogP) is 2.15. The van der Waals surface area contributed by atoms with E-state index in [0.717, 1.165) is 15.9 Å². The van der Waals surface area contributed by atoms with Crippen LogP contribution in [0.3, 0.4) is 0 Å². The molecule has 0 aliphatic carbocycles. The van der Waals surface area contributed by atoms with Crippen LogP contribution in [0.2, 0.25) is 0 Å². The second-order valence-electron chi connectivity index (χ2n) is 3.90. The van der Waals surface area contributed by atoms with Crippen molar-refractivity contribution in [3.05, 3.63) is 28.6 Å². The summed E-state index contributed by atoms with van der Waals surface area (Å²) in [7, 11) is 0. The highest BCUT2D eigenvalue weighted by molar-refractivity contribution is 9.10. The van der Waals surface area contributed by atoms with Gasteiger partial charge >= 0.3 is 0 Å². The fourth-order valence-electron chi connectivity index (χ4n) is 1.41. The van der Waals surface area contributed by atoms with Crippen LogP contribution < -0.4 is 5.73 Å². The Kier molecular flexibility index (Phi) is 2.75. The monoisotopic (exact) mass is 268 g/mol. The molecule has 0 fully saturated rings. The van der Waals surface area contributed by atoms with Crippen LogP contribution in [0.4, 0.5) is 0 Å². The van der Waals surface area contributed by atoms with E-state index in [4.69, 9.17) is 5.73 Å². The number of halogens is 1. The topological polar surface area (TPSA) is 56.2 Å². The minimum absolute atomic E-state index is 0.0886. The van der Waals surface area contributed by atoms with Crippen molar-refractivity contribution < 1.29 is 0 Å². The number of rotatable bonds is 2. The van der Waals surface area contributed by atoms with E-state index < -0.39 is 0 Å². The van der Waals surface area contributed by atoms with Gasteiger partial charge in [0.25, 0.3) is 0 Å². The highest BCUT2D eigenvalue weighted by Gasteiger charge is 2.16. The van der Waals surface area contributed by atoms with Crippen LogP contribution in [0.5, 0.6) is 0 Å². The molecule has 0 aliphatic heterocycles. The molecule has 0 saturated heterocycles. The maximum atomic E-state index is 6.06. The van der Waals surface area contributed by atoms with Crippen molar-refractivity contribution in [2.45, 2.75) is 19.9 Å². The van der Waals surface area contributed by atoms with Crippen molar-refractivity contribution in [1.82, 2.24) is 14.6 Å². The highest BCUT2D eigenvalue weighted by Crippen LogP contribution is 2.19. The van der Waals surface area contributed by atoms with Crippen LogP contribution in [0.15, 0.2) is 22.8 Å². The summed E-state index contributed by atoms with van der Waals surface area (Å²) in [6.45, 7) is 4.15. The number of nitrogens with zero attached hydrogens (tertiary/aromatic N) is 3. The summed E-state index contributed by atoms with van der Waals surface area (Å²) < 4.78 is 2.92. The lowest BCUT2D eigenvalue weighted by molar-refractivity contribution is 0.486. The molecule has 2 N–H and O–H groups in total. The first-order chi connectivity index (χ1) is 7.09. The van der Waals surface area contributed by atoms with Crippen LogP contribution in [-0.4, -0.2) is 14.6 Å². The lowest BCUT2D eigenvalue weighted by Crippen LogP contribution is -2.19. The summed E-state index contributed by atoms with van der Waals surface area (Å²) >= 11 is 3.42. The molecule has 0 aliphatic rings. The molecule has 0 bridgehead atoms. The Balaban J connectivity index is 2.56. The normalized spacial score (nSPS) is 13.7. The van der Waals surface area contributed by atoms with Crippen molar-refractivity contribution in [3.63, 3.8) is 0 Å². The fourth-order valence-corrected chi connectivity index (χ4v) is 1.74. The Labute approximate surface area is 96.6 Å². The maximum absolute atomic E-state index is 6.06. The predicted molar refractivity (Wildman–Crippen MR) is 62.5 cm³/mol. The molecule has 15 heavy (non-hydrogen) atoms. The molecular weight excluding hydrogens is 256 g/mol. The summed E-state index contributed by atoms with van der Waals surface area (Å²) in [6.07, 6.45) is 1.94. The third-order valence-corrected chi connectivity index (χ3v) is 2.88. The van der Waals surface area contributed by atoms with Gasteiger partial charge < -0.3 is 5.73 Å². The first-order valence-electron chi connectivity index (χ1n) is 4.85. The molecule has 1 atom stereocenters. The van der Waals surface area contributed by atoms with Crippen molar-refractivity contribution in [3.8, 4) is 0 Å². The molecule has 0 amide bonds. The van der Waals surface area contributed by atoms with Gasteiger partial charge in [-0.05, 0) is 34.0 Å². The van der Waals surface area contributed by atoms with Gasteiger partial charge in [-0.15, -0.1) is 10.2 Å². The van der Waals surface area contributed by atoms with E-state index in [1.807, 2.05) is 22.7 Å². The Morgan fingerprint density at radius 2 is 2.07 bits per heavy atom. The van der Waals surface area contributed by atoms with Crippen LogP contribution in [-0.2, 0) is 0 Å². The largest absolute Gasteiger partial charge is 0.321 e. The van der Waals surface area contributed by atoms with Crippen LogP contribution in [0, 0.1) is 5.92 Å². The minimum Gasteiger partial charge on any atom is -0.321 e. The van der Waals surface area contributed by atoms with Gasteiger partial charge in [0.1, 0.15) is 0 Å². The molecule has 0 radical (unpaired) electrons. The minimum atomic E-state index is -0.0886. The molecule has 0 saturated carbocycles. The third-order valence-electron chi connectivity index (χ3n) is 2.41. The van der Waals surface area contributed by atoms with Crippen LogP contribution in [0.25, 0.3) is 5.65 Å². The number of aromatic nitrogens is 3. The van der Waals surface area contributed by atoms with Crippen molar-refractivity contribution in [2.24, 2.45) is 11.7 Å². The second kappa shape index (κ2) is 3.90. The van der Waals surface area contributed by atoms with E-state index >= 15 is 0 Å². The van der Waals surface area contributed by atoms with Gasteiger partial charge in [-0.3, -0.25) is 4.40 Å². The zero-order chi connectivity index (χ0) is 11.0. The summed E-state index contributed by atoms with van der Waals surface area (Å²) in [5.74, 6) is 1.15. The Hall–Kier alpha value is -0.940. The van der Waals surface area contributed by atoms with E-state index in [2.05, 4.69) is 40.0 Å². The van der Waals surface area contributed by atoms with Crippen molar-refractivity contribution in [2.75, 3.05) is 0 Å². The second-order valence-corrected chi connectivity index (χ2v) is 4.82. The molecule has 1 unspecified atom stereocenters. The fraction of sp³-hybridized carbons (Fsp3) is 0.400. The molecule has 0 aromatic carbocycles. The van der Waals surface area contributed by atoms with Gasteiger partial charge in [0.15, 0.2) is 11.5 Å². The Morgan fingerprint density at radius 3 is 2.73 bits per heavy atom. The average Bonchev–Trinajstić information content (AvgIpc) is 2.59. The first kappa shape index (κ1) is 10.6. The summed E-state index contributed by atoms with van der Waals surface area (Å²) in [5.41, 5.74) is 6.88. The van der Waals surface area contributed by atoms with Crippen LogP contribution >= 0.6 is 15.9 Å². The van der Waals surface area contributed by atoms with Gasteiger partial charge in [-0.2, -0.15) is 0 Å². The Morgan fingerprint density at radius 1 is 1.33 bits per heavy atom. The number of fused-ring (bicyclic) bond motifs is 1. The average molecular weight is 269 g/mol. The van der Waals surface area contributed by atoms with Gasteiger partial charge in [0, 0.05) is 10.7 Å². The summed E-state index contributed by atoms with van der Waals surface area (Å²) in [5, 5.41) is 8.20. The van der Waals surface area contributed by atoms with Gasteiger partial charge in [0.2, 0.25) is 0 Å². The molecule has 80 valence electrons. The zero-order valence-corrected chi connectivity index (χ0v) is 10.3. The lowest BCUT2D eigenvalue weighted by Gasteiger charge is -2.13. The molecule has 2 rings (SSSR count). The van der Waals surface area contributed by atoms with Gasteiger partial charge in [-0.25, -0.2) is 0 Å².